The van der Waals surface area contributed by atoms with Crippen LogP contribution in [0, 0.1) is 0 Å². The molecule has 1 fully saturated rings. The summed E-state index contributed by atoms with van der Waals surface area (Å²) in [5.74, 6) is 1.15. The summed E-state index contributed by atoms with van der Waals surface area (Å²) in [6, 6.07) is 0.396. The molecule has 1 aliphatic rings. The van der Waals surface area contributed by atoms with Crippen LogP contribution < -0.4 is 0 Å². The van der Waals surface area contributed by atoms with Crippen LogP contribution in [0.4, 0.5) is 0 Å². The molecule has 0 radical (unpaired) electrons. The number of carbonyl (C=O) groups excluding carboxylic acids is 1. The van der Waals surface area contributed by atoms with E-state index in [0.29, 0.717) is 19.0 Å². The summed E-state index contributed by atoms with van der Waals surface area (Å²) < 4.78 is 0. The maximum atomic E-state index is 12.2. The lowest BCUT2D eigenvalue weighted by atomic mass is 10.0. The van der Waals surface area contributed by atoms with Gasteiger partial charge in [0.15, 0.2) is 5.96 Å². The first-order chi connectivity index (χ1) is 8.93. The summed E-state index contributed by atoms with van der Waals surface area (Å²) in [5.41, 5.74) is 0. The van der Waals surface area contributed by atoms with Crippen molar-refractivity contribution in [1.29, 1.82) is 0 Å². The van der Waals surface area contributed by atoms with Gasteiger partial charge in [-0.1, -0.05) is 0 Å². The van der Waals surface area contributed by atoms with Crippen LogP contribution in [0.2, 0.25) is 0 Å². The maximum Gasteiger partial charge on any atom is 0.224 e. The van der Waals surface area contributed by atoms with Crippen molar-refractivity contribution in [2.75, 3.05) is 41.3 Å². The van der Waals surface area contributed by atoms with Crippen molar-refractivity contribution in [2.24, 2.45) is 4.99 Å². The standard InChI is InChI=1S/C14H28N4O.HI/c1-12-8-6-7-11-18(12)13(19)9-10-15-14(16(2)3)17(4)5;/h12H,6-11H2,1-5H3;1H. The molecule has 0 bridgehead atoms. The van der Waals surface area contributed by atoms with Crippen LogP contribution in [0.25, 0.3) is 0 Å². The second kappa shape index (κ2) is 9.41. The number of aliphatic imine (C=N–C) groups is 1. The number of guanidine groups is 1. The Labute approximate surface area is 140 Å². The van der Waals surface area contributed by atoms with Gasteiger partial charge in [-0.2, -0.15) is 0 Å². The number of amides is 1. The van der Waals surface area contributed by atoms with Gasteiger partial charge in [-0.15, -0.1) is 24.0 Å². The normalized spacial score (nSPS) is 18.1. The number of rotatable bonds is 3. The van der Waals surface area contributed by atoms with Crippen molar-refractivity contribution >= 4 is 35.8 Å². The highest BCUT2D eigenvalue weighted by atomic mass is 127. The lowest BCUT2D eigenvalue weighted by molar-refractivity contribution is -0.134. The summed E-state index contributed by atoms with van der Waals surface area (Å²) in [6.07, 6.45) is 4.03. The molecule has 1 amide bonds. The summed E-state index contributed by atoms with van der Waals surface area (Å²) in [4.78, 5) is 22.6. The SMILES string of the molecule is CC1CCCCN1C(=O)CCN=C(N(C)C)N(C)C.I. The van der Waals surface area contributed by atoms with Gasteiger partial charge in [0.05, 0.1) is 6.54 Å². The minimum Gasteiger partial charge on any atom is -0.349 e. The molecule has 1 atom stereocenters. The molecule has 1 rings (SSSR count). The van der Waals surface area contributed by atoms with E-state index in [-0.39, 0.29) is 29.9 Å². The Morgan fingerprint density at radius 1 is 1.20 bits per heavy atom. The third kappa shape index (κ3) is 5.85. The molecule has 1 saturated heterocycles. The monoisotopic (exact) mass is 396 g/mol. The molecule has 0 aromatic carbocycles. The number of piperidine rings is 1. The zero-order valence-electron chi connectivity index (χ0n) is 13.4. The van der Waals surface area contributed by atoms with Gasteiger partial charge in [0.25, 0.3) is 0 Å². The Bertz CT molecular complexity index is 321. The van der Waals surface area contributed by atoms with Gasteiger partial charge < -0.3 is 14.7 Å². The lowest BCUT2D eigenvalue weighted by Crippen LogP contribution is -2.42. The van der Waals surface area contributed by atoms with E-state index in [0.717, 1.165) is 25.3 Å². The molecule has 0 spiro atoms. The van der Waals surface area contributed by atoms with Crippen molar-refractivity contribution < 1.29 is 4.79 Å². The van der Waals surface area contributed by atoms with Gasteiger partial charge >= 0.3 is 0 Å². The zero-order chi connectivity index (χ0) is 14.4. The second-order valence-electron chi connectivity index (χ2n) is 5.65. The van der Waals surface area contributed by atoms with Crippen molar-refractivity contribution in [1.82, 2.24) is 14.7 Å². The molecule has 1 heterocycles. The van der Waals surface area contributed by atoms with Crippen molar-refractivity contribution in [3.63, 3.8) is 0 Å². The van der Waals surface area contributed by atoms with E-state index in [1.54, 1.807) is 0 Å². The van der Waals surface area contributed by atoms with E-state index in [1.807, 2.05) is 42.9 Å². The molecule has 0 saturated carbocycles. The summed E-state index contributed by atoms with van der Waals surface area (Å²) in [6.45, 7) is 3.62. The van der Waals surface area contributed by atoms with Gasteiger partial charge in [0, 0.05) is 47.2 Å². The van der Waals surface area contributed by atoms with Gasteiger partial charge in [-0.3, -0.25) is 9.79 Å². The first-order valence-corrected chi connectivity index (χ1v) is 7.12. The van der Waals surface area contributed by atoms with Gasteiger partial charge in [0.1, 0.15) is 0 Å². The number of likely N-dealkylation sites (tertiary alicyclic amines) is 1. The maximum absolute atomic E-state index is 12.2. The quantitative estimate of drug-likeness (QED) is 0.416. The van der Waals surface area contributed by atoms with Crippen LogP contribution in [0.15, 0.2) is 4.99 Å². The van der Waals surface area contributed by atoms with Crippen LogP contribution >= 0.6 is 24.0 Å². The van der Waals surface area contributed by atoms with Crippen LogP contribution in [0.5, 0.6) is 0 Å². The summed E-state index contributed by atoms with van der Waals surface area (Å²) in [7, 11) is 7.86. The zero-order valence-corrected chi connectivity index (χ0v) is 15.8. The predicted molar refractivity (Wildman–Crippen MR) is 94.7 cm³/mol. The number of halogens is 1. The van der Waals surface area contributed by atoms with E-state index in [1.165, 1.54) is 6.42 Å². The predicted octanol–water partition coefficient (Wildman–Crippen LogP) is 1.87. The fraction of sp³-hybridized carbons (Fsp3) is 0.857. The first kappa shape index (κ1) is 19.5. The molecule has 0 aromatic heterocycles. The minimum absolute atomic E-state index is 0. The van der Waals surface area contributed by atoms with Gasteiger partial charge in [0.2, 0.25) is 5.91 Å². The van der Waals surface area contributed by atoms with Crippen molar-refractivity contribution in [3.8, 4) is 0 Å². The van der Waals surface area contributed by atoms with E-state index in [4.69, 9.17) is 0 Å². The Kier molecular flexibility index (Phi) is 9.16. The molecule has 0 aliphatic carbocycles. The van der Waals surface area contributed by atoms with Gasteiger partial charge in [-0.25, -0.2) is 0 Å². The Hall–Kier alpha value is -0.530. The third-order valence-corrected chi connectivity index (χ3v) is 3.50. The molecule has 1 aliphatic heterocycles. The molecule has 6 heteroatoms. The molecule has 0 aromatic rings. The van der Waals surface area contributed by atoms with Gasteiger partial charge in [-0.05, 0) is 26.2 Å². The number of nitrogens with zero attached hydrogens (tertiary/aromatic N) is 4. The summed E-state index contributed by atoms with van der Waals surface area (Å²) in [5, 5.41) is 0. The Morgan fingerprint density at radius 3 is 2.30 bits per heavy atom. The molecular weight excluding hydrogens is 367 g/mol. The number of hydrogen-bond acceptors (Lipinski definition) is 2. The van der Waals surface area contributed by atoms with Crippen molar-refractivity contribution in [2.45, 2.75) is 38.6 Å². The molecule has 1 unspecified atom stereocenters. The average molecular weight is 396 g/mol. The van der Waals surface area contributed by atoms with E-state index in [9.17, 15) is 4.79 Å². The molecule has 118 valence electrons. The highest BCUT2D eigenvalue weighted by Gasteiger charge is 2.22. The largest absolute Gasteiger partial charge is 0.349 e. The van der Waals surface area contributed by atoms with Crippen LogP contribution in [0.3, 0.4) is 0 Å². The molecule has 5 nitrogen and oxygen atoms in total. The summed E-state index contributed by atoms with van der Waals surface area (Å²) >= 11 is 0. The minimum atomic E-state index is 0. The fourth-order valence-electron chi connectivity index (χ4n) is 2.55. The topological polar surface area (TPSA) is 39.2 Å². The first-order valence-electron chi connectivity index (χ1n) is 7.12. The third-order valence-electron chi connectivity index (χ3n) is 3.50. The molecular formula is C14H29IN4O. The lowest BCUT2D eigenvalue weighted by Gasteiger charge is -2.33. The highest BCUT2D eigenvalue weighted by molar-refractivity contribution is 14.0. The smallest absolute Gasteiger partial charge is 0.224 e. The molecule has 20 heavy (non-hydrogen) atoms. The number of hydrogen-bond donors (Lipinski definition) is 0. The van der Waals surface area contributed by atoms with E-state index >= 15 is 0 Å². The average Bonchev–Trinajstić information content (AvgIpc) is 2.33. The van der Waals surface area contributed by atoms with Crippen LogP contribution in [-0.4, -0.2) is 73.9 Å². The second-order valence-corrected chi connectivity index (χ2v) is 5.65. The Morgan fingerprint density at radius 2 is 1.80 bits per heavy atom. The molecule has 0 N–H and O–H groups in total. The Balaban J connectivity index is 0.00000361. The number of carbonyl (C=O) groups is 1. The van der Waals surface area contributed by atoms with E-state index < -0.39 is 0 Å². The van der Waals surface area contributed by atoms with Crippen LogP contribution in [0.1, 0.15) is 32.6 Å². The van der Waals surface area contributed by atoms with Crippen LogP contribution in [-0.2, 0) is 4.79 Å². The fourth-order valence-corrected chi connectivity index (χ4v) is 2.55. The highest BCUT2D eigenvalue weighted by Crippen LogP contribution is 2.17. The van der Waals surface area contributed by atoms with E-state index in [2.05, 4.69) is 11.9 Å². The van der Waals surface area contributed by atoms with Crippen molar-refractivity contribution in [3.05, 3.63) is 0 Å².